The van der Waals surface area contributed by atoms with Gasteiger partial charge < -0.3 is 4.90 Å². The van der Waals surface area contributed by atoms with Gasteiger partial charge >= 0.3 is 0 Å². The molecule has 5 heteroatoms. The fourth-order valence-corrected chi connectivity index (χ4v) is 7.91. The van der Waals surface area contributed by atoms with Crippen LogP contribution in [0.5, 0.6) is 0 Å². The SMILES string of the molecule is CCN(c1ccc(-c2ccc(-c3cccs3)s2)cc1)c1ccc(-c2ccc(-c3cccs3)s2)cc1. The Morgan fingerprint density at radius 3 is 1.29 bits per heavy atom. The Kier molecular flexibility index (Phi) is 6.40. The second-order valence-corrected chi connectivity index (χ2v) is 12.2. The average Bonchev–Trinajstić information content (AvgIpc) is 3.72. The third kappa shape index (κ3) is 4.65. The van der Waals surface area contributed by atoms with E-state index < -0.39 is 0 Å². The summed E-state index contributed by atoms with van der Waals surface area (Å²) in [6.07, 6.45) is 0. The summed E-state index contributed by atoms with van der Waals surface area (Å²) in [5.41, 5.74) is 4.98. The lowest BCUT2D eigenvalue weighted by atomic mass is 10.1. The third-order valence-electron chi connectivity index (χ3n) is 5.98. The van der Waals surface area contributed by atoms with Gasteiger partial charge in [0.25, 0.3) is 0 Å². The first kappa shape index (κ1) is 22.5. The molecule has 0 amide bonds. The van der Waals surface area contributed by atoms with Gasteiger partial charge in [-0.2, -0.15) is 0 Å². The van der Waals surface area contributed by atoms with Gasteiger partial charge in [-0.1, -0.05) is 36.4 Å². The molecule has 0 aliphatic heterocycles. The normalized spacial score (nSPS) is 11.1. The molecule has 6 rings (SSSR count). The zero-order valence-electron chi connectivity index (χ0n) is 19.2. The van der Waals surface area contributed by atoms with Crippen LogP contribution in [0.2, 0.25) is 0 Å². The molecule has 0 aliphatic carbocycles. The van der Waals surface area contributed by atoms with Crippen molar-refractivity contribution in [2.45, 2.75) is 6.92 Å². The van der Waals surface area contributed by atoms with Gasteiger partial charge in [-0.3, -0.25) is 0 Å². The van der Waals surface area contributed by atoms with Crippen LogP contribution in [0, 0.1) is 0 Å². The molecule has 4 aromatic heterocycles. The highest BCUT2D eigenvalue weighted by atomic mass is 32.1. The first-order valence-electron chi connectivity index (χ1n) is 11.5. The number of hydrogen-bond acceptors (Lipinski definition) is 5. The molecule has 0 saturated carbocycles. The van der Waals surface area contributed by atoms with Crippen molar-refractivity contribution in [2.24, 2.45) is 0 Å². The molecule has 6 aromatic rings. The number of anilines is 2. The smallest absolute Gasteiger partial charge is 0.0449 e. The van der Waals surface area contributed by atoms with E-state index in [1.54, 1.807) is 22.7 Å². The van der Waals surface area contributed by atoms with Crippen LogP contribution in [0.25, 0.3) is 40.4 Å². The summed E-state index contributed by atoms with van der Waals surface area (Å²) in [4.78, 5) is 10.3. The molecule has 35 heavy (non-hydrogen) atoms. The molecule has 0 radical (unpaired) electrons. The monoisotopic (exact) mass is 525 g/mol. The molecule has 0 saturated heterocycles. The van der Waals surface area contributed by atoms with Crippen LogP contribution in [-0.2, 0) is 0 Å². The maximum atomic E-state index is 2.37. The summed E-state index contributed by atoms with van der Waals surface area (Å²) < 4.78 is 0. The van der Waals surface area contributed by atoms with E-state index in [0.717, 1.165) is 6.54 Å². The zero-order chi connectivity index (χ0) is 23.6. The molecule has 4 heterocycles. The predicted molar refractivity (Wildman–Crippen MR) is 159 cm³/mol. The van der Waals surface area contributed by atoms with Crippen LogP contribution in [0.3, 0.4) is 0 Å². The molecule has 1 nitrogen and oxygen atoms in total. The van der Waals surface area contributed by atoms with Crippen molar-refractivity contribution in [1.29, 1.82) is 0 Å². The van der Waals surface area contributed by atoms with Crippen molar-refractivity contribution in [3.05, 3.63) is 108 Å². The maximum absolute atomic E-state index is 2.37. The molecule has 0 unspecified atom stereocenters. The Labute approximate surface area is 222 Å². The molecule has 0 N–H and O–H groups in total. The highest BCUT2D eigenvalue weighted by Crippen LogP contribution is 2.39. The van der Waals surface area contributed by atoms with Crippen molar-refractivity contribution < 1.29 is 0 Å². The van der Waals surface area contributed by atoms with Crippen molar-refractivity contribution in [2.75, 3.05) is 11.4 Å². The zero-order valence-corrected chi connectivity index (χ0v) is 22.4. The second-order valence-electron chi connectivity index (χ2n) is 8.12. The van der Waals surface area contributed by atoms with Crippen LogP contribution in [0.1, 0.15) is 6.92 Å². The summed E-state index contributed by atoms with van der Waals surface area (Å²) in [6.45, 7) is 3.13. The Morgan fingerprint density at radius 2 is 0.914 bits per heavy atom. The summed E-state index contributed by atoms with van der Waals surface area (Å²) in [6, 6.07) is 35.5. The second kappa shape index (κ2) is 9.96. The molecule has 0 spiro atoms. The van der Waals surface area contributed by atoms with Gasteiger partial charge in [0.2, 0.25) is 0 Å². The van der Waals surface area contributed by atoms with Gasteiger partial charge in [0.05, 0.1) is 0 Å². The van der Waals surface area contributed by atoms with Gasteiger partial charge in [0, 0.05) is 47.2 Å². The highest BCUT2D eigenvalue weighted by molar-refractivity contribution is 7.23. The van der Waals surface area contributed by atoms with E-state index in [4.69, 9.17) is 0 Å². The largest absolute Gasteiger partial charge is 0.342 e. The van der Waals surface area contributed by atoms with Crippen molar-refractivity contribution in [1.82, 2.24) is 0 Å². The first-order valence-corrected chi connectivity index (χ1v) is 14.9. The van der Waals surface area contributed by atoms with Crippen molar-refractivity contribution >= 4 is 56.7 Å². The molecule has 2 aromatic carbocycles. The van der Waals surface area contributed by atoms with E-state index in [2.05, 4.69) is 120 Å². The van der Waals surface area contributed by atoms with Gasteiger partial charge in [-0.15, -0.1) is 45.3 Å². The fraction of sp³-hybridized carbons (Fsp3) is 0.0667. The molecular formula is C30H23NS4. The van der Waals surface area contributed by atoms with Crippen LogP contribution >= 0.6 is 45.3 Å². The Morgan fingerprint density at radius 1 is 0.486 bits per heavy atom. The molecular weight excluding hydrogens is 503 g/mol. The molecule has 0 aliphatic rings. The minimum atomic E-state index is 0.918. The van der Waals surface area contributed by atoms with E-state index in [0.29, 0.717) is 0 Å². The van der Waals surface area contributed by atoms with Crippen LogP contribution < -0.4 is 4.90 Å². The van der Waals surface area contributed by atoms with E-state index >= 15 is 0 Å². The summed E-state index contributed by atoms with van der Waals surface area (Å²) in [7, 11) is 0. The maximum Gasteiger partial charge on any atom is 0.0449 e. The molecule has 0 bridgehead atoms. The van der Waals surface area contributed by atoms with Gasteiger partial charge in [-0.25, -0.2) is 0 Å². The van der Waals surface area contributed by atoms with Crippen LogP contribution in [0.4, 0.5) is 11.4 Å². The number of rotatable bonds is 7. The number of thiophene rings is 4. The topological polar surface area (TPSA) is 3.24 Å². The summed E-state index contributed by atoms with van der Waals surface area (Å²) >= 11 is 7.31. The minimum Gasteiger partial charge on any atom is -0.342 e. The van der Waals surface area contributed by atoms with Gasteiger partial charge in [0.1, 0.15) is 0 Å². The lowest BCUT2D eigenvalue weighted by molar-refractivity contribution is 1.02. The third-order valence-corrected chi connectivity index (χ3v) is 10.4. The standard InChI is InChI=1S/C30H23NS4/c1-2-31(23-11-7-21(8-12-23)25-15-17-29(34-25)27-5-3-19-32-27)24-13-9-22(10-14-24)26-16-18-30(35-26)28-6-4-20-33-28/h3-20H,2H2,1H3. The van der Waals surface area contributed by atoms with E-state index in [1.807, 2.05) is 22.7 Å². The number of benzene rings is 2. The first-order chi connectivity index (χ1) is 17.3. The van der Waals surface area contributed by atoms with Gasteiger partial charge in [0.15, 0.2) is 0 Å². The minimum absolute atomic E-state index is 0.918. The fourth-order valence-electron chi connectivity index (χ4n) is 4.21. The average molecular weight is 526 g/mol. The summed E-state index contributed by atoms with van der Waals surface area (Å²) in [5.74, 6) is 0. The molecule has 0 atom stereocenters. The van der Waals surface area contributed by atoms with Crippen molar-refractivity contribution in [3.63, 3.8) is 0 Å². The van der Waals surface area contributed by atoms with E-state index in [1.165, 1.54) is 51.8 Å². The Bertz CT molecular complexity index is 1390. The van der Waals surface area contributed by atoms with E-state index in [9.17, 15) is 0 Å². The Hall–Kier alpha value is -2.96. The number of nitrogens with zero attached hydrogens (tertiary/aromatic N) is 1. The van der Waals surface area contributed by atoms with Crippen LogP contribution in [0.15, 0.2) is 108 Å². The summed E-state index contributed by atoms with van der Waals surface area (Å²) in [5, 5.41) is 4.27. The van der Waals surface area contributed by atoms with E-state index in [-0.39, 0.29) is 0 Å². The highest BCUT2D eigenvalue weighted by Gasteiger charge is 2.11. The quantitative estimate of drug-likeness (QED) is 0.200. The lowest BCUT2D eigenvalue weighted by Gasteiger charge is -2.23. The lowest BCUT2D eigenvalue weighted by Crippen LogP contribution is -2.15. The van der Waals surface area contributed by atoms with Crippen LogP contribution in [-0.4, -0.2) is 6.54 Å². The van der Waals surface area contributed by atoms with Crippen molar-refractivity contribution in [3.8, 4) is 40.4 Å². The number of hydrogen-bond donors (Lipinski definition) is 0. The Balaban J connectivity index is 1.20. The predicted octanol–water partition coefficient (Wildman–Crippen LogP) is 10.8. The molecule has 0 fully saturated rings. The molecule has 172 valence electrons. The van der Waals surface area contributed by atoms with Gasteiger partial charge in [-0.05, 0) is 89.5 Å².